The number of rotatable bonds is 8. The second-order valence-corrected chi connectivity index (χ2v) is 6.18. The Morgan fingerprint density at radius 3 is 2.37 bits per heavy atom. The van der Waals surface area contributed by atoms with Gasteiger partial charge in [0.25, 0.3) is 0 Å². The fourth-order valence-corrected chi connectivity index (χ4v) is 2.97. The van der Waals surface area contributed by atoms with Crippen LogP contribution in [0.4, 0.5) is 0 Å². The van der Waals surface area contributed by atoms with Gasteiger partial charge in [0.2, 0.25) is 0 Å². The van der Waals surface area contributed by atoms with Crippen molar-refractivity contribution in [3.63, 3.8) is 0 Å². The van der Waals surface area contributed by atoms with Gasteiger partial charge in [0.1, 0.15) is 5.41 Å². The molecule has 1 saturated heterocycles. The van der Waals surface area contributed by atoms with E-state index in [1.807, 2.05) is 0 Å². The van der Waals surface area contributed by atoms with E-state index in [2.05, 4.69) is 32.6 Å². The second-order valence-electron chi connectivity index (χ2n) is 6.18. The molecular weight excluding hydrogens is 242 g/mol. The molecule has 1 aliphatic heterocycles. The number of hydrogen-bond acceptors (Lipinski definition) is 3. The molecule has 112 valence electrons. The highest BCUT2D eigenvalue weighted by Crippen LogP contribution is 2.31. The molecule has 4 heteroatoms. The molecule has 0 bridgehead atoms. The fourth-order valence-electron chi connectivity index (χ4n) is 2.97. The molecular formula is C15H29NO3. The fraction of sp³-hybridized carbons (Fsp3) is 0.933. The van der Waals surface area contributed by atoms with Crippen molar-refractivity contribution in [3.8, 4) is 0 Å². The normalized spacial score (nSPS) is 23.7. The third kappa shape index (κ3) is 4.18. The van der Waals surface area contributed by atoms with Gasteiger partial charge in [-0.1, -0.05) is 27.7 Å². The molecule has 1 N–H and O–H groups in total. The Morgan fingerprint density at radius 2 is 2.00 bits per heavy atom. The van der Waals surface area contributed by atoms with E-state index in [-0.39, 0.29) is 0 Å². The van der Waals surface area contributed by atoms with E-state index in [0.717, 1.165) is 19.4 Å². The standard InChI is InChI=1S/C15H29NO3/c1-5-13(6-2)16(9-12(3)4)10-15(14(17)18)7-8-19-11-15/h12-13H,5-11H2,1-4H3,(H,17,18). The van der Waals surface area contributed by atoms with Crippen LogP contribution in [0.15, 0.2) is 0 Å². The monoisotopic (exact) mass is 271 g/mol. The number of hydrogen-bond donors (Lipinski definition) is 1. The minimum atomic E-state index is -0.704. The maximum atomic E-state index is 11.6. The van der Waals surface area contributed by atoms with Crippen LogP contribution in [-0.4, -0.2) is 48.3 Å². The Hall–Kier alpha value is -0.610. The molecule has 0 spiro atoms. The minimum Gasteiger partial charge on any atom is -0.481 e. The summed E-state index contributed by atoms with van der Waals surface area (Å²) in [6, 6.07) is 0.472. The Balaban J connectivity index is 2.82. The Morgan fingerprint density at radius 1 is 1.37 bits per heavy atom. The van der Waals surface area contributed by atoms with E-state index in [0.29, 0.717) is 38.1 Å². The molecule has 0 aromatic heterocycles. The zero-order chi connectivity index (χ0) is 14.5. The summed E-state index contributed by atoms with van der Waals surface area (Å²) in [4.78, 5) is 14.0. The van der Waals surface area contributed by atoms with E-state index >= 15 is 0 Å². The van der Waals surface area contributed by atoms with Gasteiger partial charge in [-0.2, -0.15) is 0 Å². The predicted octanol–water partition coefficient (Wildman–Crippen LogP) is 2.62. The summed E-state index contributed by atoms with van der Waals surface area (Å²) in [5.41, 5.74) is -0.697. The Labute approximate surface area is 117 Å². The van der Waals surface area contributed by atoms with Gasteiger partial charge >= 0.3 is 5.97 Å². The minimum absolute atomic E-state index is 0.358. The topological polar surface area (TPSA) is 49.8 Å². The summed E-state index contributed by atoms with van der Waals surface area (Å²) in [7, 11) is 0. The van der Waals surface area contributed by atoms with Crippen LogP contribution in [0.5, 0.6) is 0 Å². The van der Waals surface area contributed by atoms with Crippen molar-refractivity contribution in [1.82, 2.24) is 4.90 Å². The number of aliphatic carboxylic acids is 1. The number of carbonyl (C=O) groups is 1. The van der Waals surface area contributed by atoms with Crippen molar-refractivity contribution in [1.29, 1.82) is 0 Å². The average molecular weight is 271 g/mol. The molecule has 0 saturated carbocycles. The predicted molar refractivity (Wildman–Crippen MR) is 76.3 cm³/mol. The van der Waals surface area contributed by atoms with Crippen molar-refractivity contribution in [2.45, 2.75) is 53.0 Å². The van der Waals surface area contributed by atoms with Crippen LogP contribution in [0.25, 0.3) is 0 Å². The molecule has 0 amide bonds. The van der Waals surface area contributed by atoms with Crippen LogP contribution < -0.4 is 0 Å². The van der Waals surface area contributed by atoms with Gasteiger partial charge in [0, 0.05) is 25.7 Å². The maximum Gasteiger partial charge on any atom is 0.313 e. The molecule has 4 nitrogen and oxygen atoms in total. The number of nitrogens with zero attached hydrogens (tertiary/aromatic N) is 1. The highest BCUT2D eigenvalue weighted by Gasteiger charge is 2.44. The molecule has 0 aromatic rings. The van der Waals surface area contributed by atoms with E-state index in [1.54, 1.807) is 0 Å². The summed E-state index contributed by atoms with van der Waals surface area (Å²) in [5, 5.41) is 9.57. The molecule has 0 radical (unpaired) electrons. The first-order valence-corrected chi connectivity index (χ1v) is 7.50. The molecule has 1 aliphatic rings. The van der Waals surface area contributed by atoms with Crippen LogP contribution in [0.3, 0.4) is 0 Å². The zero-order valence-electron chi connectivity index (χ0n) is 12.8. The van der Waals surface area contributed by atoms with Gasteiger partial charge in [0.05, 0.1) is 6.61 Å². The van der Waals surface area contributed by atoms with Gasteiger partial charge in [-0.05, 0) is 25.2 Å². The van der Waals surface area contributed by atoms with Crippen molar-refractivity contribution in [3.05, 3.63) is 0 Å². The number of carboxylic acid groups (broad SMARTS) is 1. The molecule has 1 unspecified atom stereocenters. The molecule has 19 heavy (non-hydrogen) atoms. The second kappa shape index (κ2) is 7.25. The van der Waals surface area contributed by atoms with Crippen molar-refractivity contribution in [2.24, 2.45) is 11.3 Å². The van der Waals surface area contributed by atoms with Crippen LogP contribution in [-0.2, 0) is 9.53 Å². The van der Waals surface area contributed by atoms with Crippen molar-refractivity contribution >= 4 is 5.97 Å². The van der Waals surface area contributed by atoms with Gasteiger partial charge < -0.3 is 9.84 Å². The van der Waals surface area contributed by atoms with Gasteiger partial charge in [-0.25, -0.2) is 0 Å². The van der Waals surface area contributed by atoms with E-state index in [1.165, 1.54) is 0 Å². The Kier molecular flexibility index (Phi) is 6.27. The van der Waals surface area contributed by atoms with E-state index in [4.69, 9.17) is 4.74 Å². The first-order valence-electron chi connectivity index (χ1n) is 7.50. The first kappa shape index (κ1) is 16.4. The van der Waals surface area contributed by atoms with Crippen LogP contribution in [0.2, 0.25) is 0 Å². The van der Waals surface area contributed by atoms with Crippen molar-refractivity contribution < 1.29 is 14.6 Å². The smallest absolute Gasteiger partial charge is 0.313 e. The third-order valence-electron chi connectivity index (χ3n) is 4.12. The summed E-state index contributed by atoms with van der Waals surface area (Å²) < 4.78 is 5.37. The summed E-state index contributed by atoms with van der Waals surface area (Å²) in [5.74, 6) is -0.154. The van der Waals surface area contributed by atoms with E-state index in [9.17, 15) is 9.90 Å². The first-order chi connectivity index (χ1) is 8.95. The van der Waals surface area contributed by atoms with Gasteiger partial charge in [0.15, 0.2) is 0 Å². The van der Waals surface area contributed by atoms with Crippen molar-refractivity contribution in [2.75, 3.05) is 26.3 Å². The van der Waals surface area contributed by atoms with E-state index < -0.39 is 11.4 Å². The highest BCUT2D eigenvalue weighted by molar-refractivity contribution is 5.75. The molecule has 0 aromatic carbocycles. The summed E-state index contributed by atoms with van der Waals surface area (Å²) >= 11 is 0. The molecule has 0 aliphatic carbocycles. The summed E-state index contributed by atoms with van der Waals surface area (Å²) in [6.45, 7) is 11.2. The SMILES string of the molecule is CCC(CC)N(CC(C)C)CC1(C(=O)O)CCOC1. The lowest BCUT2D eigenvalue weighted by Crippen LogP contribution is -2.48. The molecule has 1 atom stereocenters. The largest absolute Gasteiger partial charge is 0.481 e. The lowest BCUT2D eigenvalue weighted by Gasteiger charge is -2.37. The maximum absolute atomic E-state index is 11.6. The Bertz CT molecular complexity index is 281. The number of carboxylic acids is 1. The third-order valence-corrected chi connectivity index (χ3v) is 4.12. The van der Waals surface area contributed by atoms with Crippen LogP contribution in [0, 0.1) is 11.3 Å². The molecule has 1 fully saturated rings. The van der Waals surface area contributed by atoms with Gasteiger partial charge in [-0.3, -0.25) is 9.69 Å². The van der Waals surface area contributed by atoms with Crippen LogP contribution in [0.1, 0.15) is 47.0 Å². The summed E-state index contributed by atoms with van der Waals surface area (Å²) in [6.07, 6.45) is 2.77. The van der Waals surface area contributed by atoms with Gasteiger partial charge in [-0.15, -0.1) is 0 Å². The quantitative estimate of drug-likeness (QED) is 0.737. The van der Waals surface area contributed by atoms with Crippen LogP contribution >= 0.6 is 0 Å². The number of ether oxygens (including phenoxy) is 1. The zero-order valence-corrected chi connectivity index (χ0v) is 12.8. The average Bonchev–Trinajstić information content (AvgIpc) is 2.79. The molecule has 1 rings (SSSR count). The highest BCUT2D eigenvalue weighted by atomic mass is 16.5. The lowest BCUT2D eigenvalue weighted by molar-refractivity contribution is -0.150. The lowest BCUT2D eigenvalue weighted by atomic mass is 9.85. The molecule has 1 heterocycles.